The van der Waals surface area contributed by atoms with Gasteiger partial charge < -0.3 is 15.0 Å². The van der Waals surface area contributed by atoms with Crippen LogP contribution in [-0.2, 0) is 10.0 Å². The number of aryl methyl sites for hydroxylation is 2. The molecule has 0 spiro atoms. The molecule has 0 saturated carbocycles. The number of nitrogens with zero attached hydrogens (tertiary/aromatic N) is 3. The third-order valence-electron chi connectivity index (χ3n) is 5.44. The van der Waals surface area contributed by atoms with Crippen LogP contribution in [-0.4, -0.2) is 51.7 Å². The van der Waals surface area contributed by atoms with Crippen molar-refractivity contribution in [2.24, 2.45) is 0 Å². The summed E-state index contributed by atoms with van der Waals surface area (Å²) in [6.45, 7) is 7.23. The summed E-state index contributed by atoms with van der Waals surface area (Å²) in [7, 11) is -2.40. The highest BCUT2D eigenvalue weighted by molar-refractivity contribution is 7.92. The molecular weight excluding hydrogens is 426 g/mol. The van der Waals surface area contributed by atoms with E-state index in [9.17, 15) is 8.42 Å². The van der Waals surface area contributed by atoms with Gasteiger partial charge in [0.05, 0.1) is 12.8 Å². The Kier molecular flexibility index (Phi) is 6.29. The Bertz CT molecular complexity index is 1200. The second-order valence-electron chi connectivity index (χ2n) is 7.72. The van der Waals surface area contributed by atoms with E-state index >= 15 is 0 Å². The normalized spacial score (nSPS) is 14.3. The molecule has 0 radical (unpaired) electrons. The lowest BCUT2D eigenvalue weighted by atomic mass is 9.99. The van der Waals surface area contributed by atoms with E-state index in [1.54, 1.807) is 25.3 Å². The zero-order chi connectivity index (χ0) is 22.7. The molecule has 1 saturated heterocycles. The van der Waals surface area contributed by atoms with Crippen molar-refractivity contribution in [2.75, 3.05) is 42.9 Å². The van der Waals surface area contributed by atoms with Crippen LogP contribution in [0, 0.1) is 13.8 Å². The van der Waals surface area contributed by atoms with Crippen molar-refractivity contribution in [1.29, 1.82) is 0 Å². The number of pyridine rings is 2. The van der Waals surface area contributed by atoms with Gasteiger partial charge in [-0.1, -0.05) is 24.3 Å². The molecule has 4 rings (SSSR count). The number of methoxy groups -OCH3 is 1. The van der Waals surface area contributed by atoms with Crippen LogP contribution in [0.2, 0.25) is 0 Å². The van der Waals surface area contributed by atoms with Gasteiger partial charge in [0.2, 0.25) is 0 Å². The first-order valence-electron chi connectivity index (χ1n) is 10.5. The van der Waals surface area contributed by atoms with E-state index in [2.05, 4.69) is 24.9 Å². The highest BCUT2D eigenvalue weighted by atomic mass is 32.2. The molecule has 1 aromatic carbocycles. The largest absolute Gasteiger partial charge is 0.497 e. The SMILES string of the molecule is COc1cc(NS(=O)(=O)c2cccc(N3CCNCC3)n2)nc(-c2c(C)cccc2C)c1. The van der Waals surface area contributed by atoms with Crippen molar-refractivity contribution < 1.29 is 13.2 Å². The van der Waals surface area contributed by atoms with Gasteiger partial charge in [-0.2, -0.15) is 8.42 Å². The maximum absolute atomic E-state index is 13.1. The van der Waals surface area contributed by atoms with Crippen molar-refractivity contribution in [3.63, 3.8) is 0 Å². The van der Waals surface area contributed by atoms with Crippen molar-refractivity contribution >= 4 is 21.7 Å². The molecule has 1 aliphatic heterocycles. The van der Waals surface area contributed by atoms with Crippen LogP contribution in [0.3, 0.4) is 0 Å². The average Bonchev–Trinajstić information content (AvgIpc) is 2.79. The molecule has 1 fully saturated rings. The number of nitrogens with one attached hydrogen (secondary N) is 2. The smallest absolute Gasteiger partial charge is 0.280 e. The van der Waals surface area contributed by atoms with Crippen LogP contribution in [0.4, 0.5) is 11.6 Å². The third-order valence-corrected chi connectivity index (χ3v) is 6.69. The van der Waals surface area contributed by atoms with Crippen molar-refractivity contribution in [1.82, 2.24) is 15.3 Å². The van der Waals surface area contributed by atoms with Gasteiger partial charge >= 0.3 is 0 Å². The molecule has 8 nitrogen and oxygen atoms in total. The Labute approximate surface area is 188 Å². The number of anilines is 2. The lowest BCUT2D eigenvalue weighted by Crippen LogP contribution is -2.44. The maximum atomic E-state index is 13.1. The van der Waals surface area contributed by atoms with Gasteiger partial charge in [-0.15, -0.1) is 0 Å². The summed E-state index contributed by atoms with van der Waals surface area (Å²) in [5.41, 5.74) is 3.68. The number of hydrogen-bond donors (Lipinski definition) is 2. The predicted molar refractivity (Wildman–Crippen MR) is 126 cm³/mol. The Morgan fingerprint density at radius 2 is 1.69 bits per heavy atom. The summed E-state index contributed by atoms with van der Waals surface area (Å²) in [4.78, 5) is 11.1. The van der Waals surface area contributed by atoms with Gasteiger partial charge in [-0.25, -0.2) is 9.97 Å². The maximum Gasteiger partial charge on any atom is 0.280 e. The quantitative estimate of drug-likeness (QED) is 0.592. The van der Waals surface area contributed by atoms with E-state index in [0.29, 0.717) is 17.3 Å². The molecule has 2 aromatic heterocycles. The first kappa shape index (κ1) is 22.0. The Balaban J connectivity index is 1.68. The summed E-state index contributed by atoms with van der Waals surface area (Å²) in [5.74, 6) is 1.33. The number of benzene rings is 1. The molecule has 2 N–H and O–H groups in total. The summed E-state index contributed by atoms with van der Waals surface area (Å²) < 4.78 is 34.3. The van der Waals surface area contributed by atoms with E-state index in [4.69, 9.17) is 4.74 Å². The molecule has 0 bridgehead atoms. The zero-order valence-electron chi connectivity index (χ0n) is 18.4. The Hall–Kier alpha value is -3.17. The highest BCUT2D eigenvalue weighted by Crippen LogP contribution is 2.30. The minimum atomic E-state index is -3.94. The van der Waals surface area contributed by atoms with E-state index in [1.165, 1.54) is 6.07 Å². The van der Waals surface area contributed by atoms with Crippen LogP contribution in [0.15, 0.2) is 53.6 Å². The highest BCUT2D eigenvalue weighted by Gasteiger charge is 2.21. The summed E-state index contributed by atoms with van der Waals surface area (Å²) >= 11 is 0. The van der Waals surface area contributed by atoms with Crippen LogP contribution in [0.1, 0.15) is 11.1 Å². The molecule has 0 aliphatic carbocycles. The fourth-order valence-corrected chi connectivity index (χ4v) is 4.79. The van der Waals surface area contributed by atoms with Gasteiger partial charge in [0.15, 0.2) is 5.03 Å². The van der Waals surface area contributed by atoms with Gasteiger partial charge in [-0.3, -0.25) is 4.72 Å². The average molecular weight is 454 g/mol. The molecule has 168 valence electrons. The number of aromatic nitrogens is 2. The summed E-state index contributed by atoms with van der Waals surface area (Å²) in [6.07, 6.45) is 0. The standard InChI is InChI=1S/C23H27N5O3S/c1-16-6-4-7-17(2)23(16)19-14-18(31-3)15-20(25-19)27-32(29,30)22-9-5-8-21(26-22)28-12-10-24-11-13-28/h4-9,14-15,24H,10-13H2,1-3H3,(H,25,27). The number of ether oxygens (including phenoxy) is 1. The lowest BCUT2D eigenvalue weighted by Gasteiger charge is -2.28. The number of hydrogen-bond acceptors (Lipinski definition) is 7. The third kappa shape index (κ3) is 4.68. The van der Waals surface area contributed by atoms with E-state index < -0.39 is 10.0 Å². The number of sulfonamides is 1. The predicted octanol–water partition coefficient (Wildman–Crippen LogP) is 2.98. The van der Waals surface area contributed by atoms with Crippen molar-refractivity contribution in [3.05, 3.63) is 59.7 Å². The lowest BCUT2D eigenvalue weighted by molar-refractivity contribution is 0.415. The summed E-state index contributed by atoms with van der Waals surface area (Å²) in [5, 5.41) is 3.23. The van der Waals surface area contributed by atoms with E-state index in [-0.39, 0.29) is 10.8 Å². The number of rotatable bonds is 6. The minimum Gasteiger partial charge on any atom is -0.497 e. The van der Waals surface area contributed by atoms with Crippen LogP contribution in [0.5, 0.6) is 5.75 Å². The Morgan fingerprint density at radius 1 is 1.00 bits per heavy atom. The van der Waals surface area contributed by atoms with Crippen LogP contribution < -0.4 is 19.7 Å². The van der Waals surface area contributed by atoms with Crippen LogP contribution >= 0.6 is 0 Å². The molecule has 32 heavy (non-hydrogen) atoms. The van der Waals surface area contributed by atoms with Crippen LogP contribution in [0.25, 0.3) is 11.3 Å². The van der Waals surface area contributed by atoms with Gasteiger partial charge in [0.1, 0.15) is 17.4 Å². The van der Waals surface area contributed by atoms with Gasteiger partial charge in [0.25, 0.3) is 10.0 Å². The topological polar surface area (TPSA) is 96.5 Å². The molecule has 3 heterocycles. The molecule has 0 unspecified atom stereocenters. The van der Waals surface area contributed by atoms with Crippen molar-refractivity contribution in [2.45, 2.75) is 18.9 Å². The molecule has 3 aromatic rings. The summed E-state index contributed by atoms with van der Waals surface area (Å²) in [6, 6.07) is 14.4. The molecule has 1 aliphatic rings. The van der Waals surface area contributed by atoms with Gasteiger partial charge in [0, 0.05) is 43.9 Å². The fourth-order valence-electron chi connectivity index (χ4n) is 3.84. The van der Waals surface area contributed by atoms with E-state index in [0.717, 1.165) is 42.9 Å². The van der Waals surface area contributed by atoms with Crippen molar-refractivity contribution in [3.8, 4) is 17.0 Å². The number of piperazine rings is 1. The second kappa shape index (κ2) is 9.13. The minimum absolute atomic E-state index is 0.0493. The molecular formula is C23H27N5O3S. The molecule has 9 heteroatoms. The molecule has 0 amide bonds. The Morgan fingerprint density at radius 3 is 2.38 bits per heavy atom. The zero-order valence-corrected chi connectivity index (χ0v) is 19.2. The first-order valence-corrected chi connectivity index (χ1v) is 11.9. The van der Waals surface area contributed by atoms with Gasteiger partial charge in [-0.05, 0) is 37.1 Å². The fraction of sp³-hybridized carbons (Fsp3) is 0.304. The first-order chi connectivity index (χ1) is 15.4. The van der Waals surface area contributed by atoms with E-state index in [1.807, 2.05) is 38.1 Å². The molecule has 0 atom stereocenters. The monoisotopic (exact) mass is 453 g/mol. The second-order valence-corrected chi connectivity index (χ2v) is 9.35.